The van der Waals surface area contributed by atoms with E-state index in [1.54, 1.807) is 24.3 Å². The molecule has 1 fully saturated rings. The smallest absolute Gasteiger partial charge is 0.335 e. The van der Waals surface area contributed by atoms with Gasteiger partial charge >= 0.3 is 5.97 Å². The predicted octanol–water partition coefficient (Wildman–Crippen LogP) is 4.85. The van der Waals surface area contributed by atoms with Crippen LogP contribution in [-0.4, -0.2) is 41.8 Å². The predicted molar refractivity (Wildman–Crippen MR) is 138 cm³/mol. The molecular weight excluding hydrogens is 456 g/mol. The molecule has 2 aromatic carbocycles. The van der Waals surface area contributed by atoms with Gasteiger partial charge in [-0.1, -0.05) is 50.5 Å². The van der Waals surface area contributed by atoms with Crippen molar-refractivity contribution in [3.05, 3.63) is 70.8 Å². The van der Waals surface area contributed by atoms with Gasteiger partial charge in [-0.2, -0.15) is 0 Å². The van der Waals surface area contributed by atoms with E-state index >= 15 is 0 Å². The number of carbonyl (C=O) groups excluding carboxylic acids is 3. The van der Waals surface area contributed by atoms with Crippen molar-refractivity contribution in [1.29, 1.82) is 0 Å². The van der Waals surface area contributed by atoms with Gasteiger partial charge in [0.2, 0.25) is 5.91 Å². The molecule has 1 aliphatic rings. The first-order valence-corrected chi connectivity index (χ1v) is 12.9. The van der Waals surface area contributed by atoms with Gasteiger partial charge in [0.05, 0.1) is 5.56 Å². The van der Waals surface area contributed by atoms with Gasteiger partial charge in [-0.05, 0) is 62.3 Å². The third kappa shape index (κ3) is 7.77. The number of hydrogen-bond acceptors (Lipinski definition) is 4. The fourth-order valence-corrected chi connectivity index (χ4v) is 4.58. The van der Waals surface area contributed by atoms with Gasteiger partial charge in [0, 0.05) is 35.7 Å². The van der Waals surface area contributed by atoms with Crippen LogP contribution in [0, 0.1) is 11.8 Å². The summed E-state index contributed by atoms with van der Waals surface area (Å²) in [6.07, 6.45) is 8.13. The zero-order valence-corrected chi connectivity index (χ0v) is 20.9. The molecular formula is C29H36N2O5. The summed E-state index contributed by atoms with van der Waals surface area (Å²) in [6, 6.07) is 12.2. The number of unbranched alkanes of at least 4 members (excludes halogenated alkanes) is 3. The minimum atomic E-state index is -1.05. The lowest BCUT2D eigenvalue weighted by Crippen LogP contribution is -2.36. The van der Waals surface area contributed by atoms with E-state index < -0.39 is 5.97 Å². The molecule has 0 saturated heterocycles. The third-order valence-corrected chi connectivity index (χ3v) is 6.90. The van der Waals surface area contributed by atoms with Crippen LogP contribution in [0.4, 0.5) is 0 Å². The maximum absolute atomic E-state index is 12.6. The van der Waals surface area contributed by atoms with Crippen LogP contribution in [0.3, 0.4) is 0 Å². The van der Waals surface area contributed by atoms with Gasteiger partial charge in [0.1, 0.15) is 0 Å². The van der Waals surface area contributed by atoms with Crippen molar-refractivity contribution in [3.8, 4) is 0 Å². The van der Waals surface area contributed by atoms with Crippen molar-refractivity contribution in [2.45, 2.75) is 58.3 Å². The fourth-order valence-electron chi connectivity index (χ4n) is 4.58. The number of carbonyl (C=O) groups is 4. The normalized spacial score (nSPS) is 17.2. The number of nitrogens with one attached hydrogen (secondary N) is 2. The van der Waals surface area contributed by atoms with Gasteiger partial charge in [0.25, 0.3) is 5.91 Å². The van der Waals surface area contributed by atoms with Gasteiger partial charge in [0.15, 0.2) is 5.78 Å². The fraction of sp³-hybridized carbons (Fsp3) is 0.448. The minimum Gasteiger partial charge on any atom is -0.478 e. The second-order valence-corrected chi connectivity index (χ2v) is 9.57. The van der Waals surface area contributed by atoms with Gasteiger partial charge in [-0.15, -0.1) is 0 Å². The standard InChI is InChI=1S/C29H36N2O5/c1-2-3-4-5-18-30-27(33)23-8-6-20(7-9-23)19-31-28(34)24-14-10-21(11-15-24)26(32)22-12-16-25(17-13-22)29(35)36/h10-17,20,23H,2-9,18-19H2,1H3,(H,30,33)(H,31,34)(H,35,36). The second kappa shape index (κ2) is 13.6. The lowest BCUT2D eigenvalue weighted by atomic mass is 9.81. The van der Waals surface area contributed by atoms with Crippen LogP contribution in [-0.2, 0) is 4.79 Å². The molecule has 0 atom stereocenters. The molecule has 0 bridgehead atoms. The summed E-state index contributed by atoms with van der Waals surface area (Å²) < 4.78 is 0. The van der Waals surface area contributed by atoms with E-state index in [4.69, 9.17) is 5.11 Å². The van der Waals surface area contributed by atoms with Crippen molar-refractivity contribution in [3.63, 3.8) is 0 Å². The molecule has 3 N–H and O–H groups in total. The molecule has 2 aromatic rings. The van der Waals surface area contributed by atoms with Crippen LogP contribution in [0.5, 0.6) is 0 Å². The largest absolute Gasteiger partial charge is 0.478 e. The first-order chi connectivity index (χ1) is 17.4. The van der Waals surface area contributed by atoms with E-state index in [0.29, 0.717) is 29.2 Å². The summed E-state index contributed by atoms with van der Waals surface area (Å²) in [4.78, 5) is 48.6. The Kier molecular flexibility index (Phi) is 10.2. The highest BCUT2D eigenvalue weighted by atomic mass is 16.4. The zero-order chi connectivity index (χ0) is 25.9. The van der Waals surface area contributed by atoms with Crippen LogP contribution < -0.4 is 10.6 Å². The molecule has 0 aromatic heterocycles. The monoisotopic (exact) mass is 492 g/mol. The van der Waals surface area contributed by atoms with Crippen molar-refractivity contribution in [2.24, 2.45) is 11.8 Å². The molecule has 1 aliphatic carbocycles. The molecule has 7 heteroatoms. The Balaban J connectivity index is 1.41. The summed E-state index contributed by atoms with van der Waals surface area (Å²) in [5.41, 5.74) is 1.41. The Morgan fingerprint density at radius 3 is 1.86 bits per heavy atom. The first-order valence-electron chi connectivity index (χ1n) is 12.9. The Hall–Kier alpha value is -3.48. The van der Waals surface area contributed by atoms with E-state index in [0.717, 1.165) is 45.1 Å². The molecule has 0 aliphatic heterocycles. The zero-order valence-electron chi connectivity index (χ0n) is 20.9. The van der Waals surface area contributed by atoms with Crippen molar-refractivity contribution >= 4 is 23.6 Å². The topological polar surface area (TPSA) is 113 Å². The number of aromatic carboxylic acids is 1. The van der Waals surface area contributed by atoms with E-state index in [1.807, 2.05) is 0 Å². The average Bonchev–Trinajstić information content (AvgIpc) is 2.91. The van der Waals surface area contributed by atoms with Gasteiger partial charge < -0.3 is 15.7 Å². The first kappa shape index (κ1) is 27.1. The molecule has 1 saturated carbocycles. The highest BCUT2D eigenvalue weighted by Gasteiger charge is 2.26. The Morgan fingerprint density at radius 1 is 0.750 bits per heavy atom. The molecule has 192 valence electrons. The summed E-state index contributed by atoms with van der Waals surface area (Å²) in [5, 5.41) is 15.0. The van der Waals surface area contributed by atoms with E-state index in [-0.39, 0.29) is 29.1 Å². The maximum Gasteiger partial charge on any atom is 0.335 e. The SMILES string of the molecule is CCCCCCNC(=O)C1CCC(CNC(=O)c2ccc(C(=O)c3ccc(C(=O)O)cc3)cc2)CC1. The number of rotatable bonds is 12. The van der Waals surface area contributed by atoms with Crippen molar-refractivity contribution < 1.29 is 24.3 Å². The number of hydrogen-bond donors (Lipinski definition) is 3. The number of ketones is 1. The van der Waals surface area contributed by atoms with Crippen molar-refractivity contribution in [1.82, 2.24) is 10.6 Å². The quantitative estimate of drug-likeness (QED) is 0.290. The minimum absolute atomic E-state index is 0.0774. The molecule has 7 nitrogen and oxygen atoms in total. The Labute approximate surface area is 212 Å². The average molecular weight is 493 g/mol. The van der Waals surface area contributed by atoms with E-state index in [9.17, 15) is 19.2 Å². The van der Waals surface area contributed by atoms with Crippen LogP contribution in [0.25, 0.3) is 0 Å². The maximum atomic E-state index is 12.6. The van der Waals surface area contributed by atoms with Crippen LogP contribution in [0.15, 0.2) is 48.5 Å². The van der Waals surface area contributed by atoms with E-state index in [2.05, 4.69) is 17.6 Å². The van der Waals surface area contributed by atoms with Crippen molar-refractivity contribution in [2.75, 3.05) is 13.1 Å². The molecule has 36 heavy (non-hydrogen) atoms. The molecule has 0 spiro atoms. The number of carboxylic acid groups (broad SMARTS) is 1. The molecule has 3 rings (SSSR count). The molecule has 2 amide bonds. The summed E-state index contributed by atoms with van der Waals surface area (Å²) in [5.74, 6) is -0.865. The molecule has 0 radical (unpaired) electrons. The number of amides is 2. The highest BCUT2D eigenvalue weighted by molar-refractivity contribution is 6.09. The van der Waals surface area contributed by atoms with Crippen LogP contribution in [0.2, 0.25) is 0 Å². The van der Waals surface area contributed by atoms with Crippen LogP contribution in [0.1, 0.15) is 94.9 Å². The highest BCUT2D eigenvalue weighted by Crippen LogP contribution is 2.28. The van der Waals surface area contributed by atoms with Gasteiger partial charge in [-0.3, -0.25) is 14.4 Å². The summed E-state index contributed by atoms with van der Waals surface area (Å²) in [7, 11) is 0. The Bertz CT molecular complexity index is 1040. The Morgan fingerprint density at radius 2 is 1.31 bits per heavy atom. The summed E-state index contributed by atoms with van der Waals surface area (Å²) in [6.45, 7) is 3.50. The third-order valence-electron chi connectivity index (χ3n) is 6.90. The number of benzene rings is 2. The lowest BCUT2D eigenvalue weighted by Gasteiger charge is -2.28. The lowest BCUT2D eigenvalue weighted by molar-refractivity contribution is -0.126. The summed E-state index contributed by atoms with van der Waals surface area (Å²) >= 11 is 0. The van der Waals surface area contributed by atoms with E-state index in [1.165, 1.54) is 37.1 Å². The molecule has 0 unspecified atom stereocenters. The van der Waals surface area contributed by atoms with Crippen LogP contribution >= 0.6 is 0 Å². The second-order valence-electron chi connectivity index (χ2n) is 9.57. The van der Waals surface area contributed by atoms with Gasteiger partial charge in [-0.25, -0.2) is 4.79 Å². The number of carboxylic acids is 1. The molecule has 0 heterocycles.